The first-order chi connectivity index (χ1) is 5.74. The van der Waals surface area contributed by atoms with Crippen molar-refractivity contribution in [3.8, 4) is 0 Å². The minimum Gasteiger partial charge on any atom is -0.388 e. The molecule has 3 N–H and O–H groups in total. The summed E-state index contributed by atoms with van der Waals surface area (Å²) in [6, 6.07) is 7.61. The predicted molar refractivity (Wildman–Crippen MR) is 52.8 cm³/mol. The lowest BCUT2D eigenvalue weighted by atomic mass is 10.1. The van der Waals surface area contributed by atoms with E-state index < -0.39 is 6.10 Å². The third-order valence-electron chi connectivity index (χ3n) is 1.69. The second-order valence-corrected chi connectivity index (χ2v) is 3.56. The van der Waals surface area contributed by atoms with E-state index in [9.17, 15) is 5.11 Å². The average molecular weight is 230 g/mol. The Kier molecular flexibility index (Phi) is 3.72. The molecule has 0 spiro atoms. The van der Waals surface area contributed by atoms with E-state index in [4.69, 9.17) is 5.73 Å². The van der Waals surface area contributed by atoms with Gasteiger partial charge in [0.1, 0.15) is 0 Å². The summed E-state index contributed by atoms with van der Waals surface area (Å²) in [5.41, 5.74) is 6.25. The Morgan fingerprint density at radius 3 is 2.42 bits per heavy atom. The van der Waals surface area contributed by atoms with Crippen LogP contribution in [-0.4, -0.2) is 11.7 Å². The lowest BCUT2D eigenvalue weighted by Crippen LogP contribution is -2.06. The van der Waals surface area contributed by atoms with Crippen LogP contribution >= 0.6 is 15.9 Å². The molecule has 0 aliphatic heterocycles. The second-order valence-electron chi connectivity index (χ2n) is 2.64. The Bertz CT molecular complexity index is 235. The molecular weight excluding hydrogens is 218 g/mol. The van der Waals surface area contributed by atoms with E-state index in [1.165, 1.54) is 0 Å². The summed E-state index contributed by atoms with van der Waals surface area (Å²) < 4.78 is 1.02. The van der Waals surface area contributed by atoms with Crippen LogP contribution in [0.3, 0.4) is 0 Å². The summed E-state index contributed by atoms with van der Waals surface area (Å²) in [4.78, 5) is 0. The van der Waals surface area contributed by atoms with E-state index in [-0.39, 0.29) is 0 Å². The molecule has 0 bridgehead atoms. The summed E-state index contributed by atoms with van der Waals surface area (Å²) >= 11 is 3.33. The maximum atomic E-state index is 9.52. The monoisotopic (exact) mass is 229 g/mol. The van der Waals surface area contributed by atoms with E-state index in [0.717, 1.165) is 10.0 Å². The summed E-state index contributed by atoms with van der Waals surface area (Å²) in [5.74, 6) is 0. The zero-order valence-electron chi connectivity index (χ0n) is 6.70. The lowest BCUT2D eigenvalue weighted by molar-refractivity contribution is 0.170. The van der Waals surface area contributed by atoms with Crippen LogP contribution in [0, 0.1) is 0 Å². The van der Waals surface area contributed by atoms with Crippen molar-refractivity contribution in [2.75, 3.05) is 6.54 Å². The first-order valence-corrected chi connectivity index (χ1v) is 4.67. The van der Waals surface area contributed by atoms with Crippen LogP contribution in [0.15, 0.2) is 28.7 Å². The Hall–Kier alpha value is -0.380. The molecule has 0 heterocycles. The van der Waals surface area contributed by atoms with Gasteiger partial charge >= 0.3 is 0 Å². The fraction of sp³-hybridized carbons (Fsp3) is 0.333. The Balaban J connectivity index is 2.68. The molecule has 0 saturated carbocycles. The van der Waals surface area contributed by atoms with E-state index in [1.807, 2.05) is 24.3 Å². The molecule has 1 unspecified atom stereocenters. The predicted octanol–water partition coefficient (Wildman–Crippen LogP) is 1.83. The minimum absolute atomic E-state index is 0.428. The van der Waals surface area contributed by atoms with Crippen molar-refractivity contribution in [3.05, 3.63) is 34.3 Å². The Morgan fingerprint density at radius 1 is 1.33 bits per heavy atom. The molecule has 0 aliphatic carbocycles. The van der Waals surface area contributed by atoms with Crippen LogP contribution in [0.5, 0.6) is 0 Å². The van der Waals surface area contributed by atoms with Gasteiger partial charge in [-0.3, -0.25) is 0 Å². The number of nitrogens with two attached hydrogens (primary N) is 1. The first kappa shape index (κ1) is 9.71. The van der Waals surface area contributed by atoms with Gasteiger partial charge in [0.2, 0.25) is 0 Å². The van der Waals surface area contributed by atoms with Gasteiger partial charge in [0, 0.05) is 4.47 Å². The fourth-order valence-electron chi connectivity index (χ4n) is 1.01. The van der Waals surface area contributed by atoms with Crippen LogP contribution in [0.25, 0.3) is 0 Å². The van der Waals surface area contributed by atoms with Gasteiger partial charge in [-0.05, 0) is 30.7 Å². The number of aliphatic hydroxyl groups is 1. The van der Waals surface area contributed by atoms with Crippen LogP contribution in [-0.2, 0) is 0 Å². The summed E-state index contributed by atoms with van der Waals surface area (Å²) in [6.07, 6.45) is 0.185. The molecule has 1 atom stereocenters. The number of benzene rings is 1. The smallest absolute Gasteiger partial charge is 0.0802 e. The van der Waals surface area contributed by atoms with Gasteiger partial charge in [-0.1, -0.05) is 28.1 Å². The Morgan fingerprint density at radius 2 is 1.92 bits per heavy atom. The van der Waals surface area contributed by atoms with Crippen molar-refractivity contribution in [1.82, 2.24) is 0 Å². The van der Waals surface area contributed by atoms with Crippen molar-refractivity contribution in [2.45, 2.75) is 12.5 Å². The quantitative estimate of drug-likeness (QED) is 0.832. The Labute approximate surface area is 80.5 Å². The highest BCUT2D eigenvalue weighted by Gasteiger charge is 2.04. The topological polar surface area (TPSA) is 46.2 Å². The van der Waals surface area contributed by atoms with Crippen LogP contribution in [0.2, 0.25) is 0 Å². The van der Waals surface area contributed by atoms with Gasteiger partial charge in [0.25, 0.3) is 0 Å². The van der Waals surface area contributed by atoms with Gasteiger partial charge in [0.15, 0.2) is 0 Å². The molecule has 1 aromatic rings. The van der Waals surface area contributed by atoms with E-state index in [2.05, 4.69) is 15.9 Å². The van der Waals surface area contributed by atoms with Crippen LogP contribution in [0.4, 0.5) is 0 Å². The molecule has 1 rings (SSSR count). The van der Waals surface area contributed by atoms with Crippen molar-refractivity contribution in [1.29, 1.82) is 0 Å². The lowest BCUT2D eigenvalue weighted by Gasteiger charge is -2.08. The van der Waals surface area contributed by atoms with Gasteiger partial charge in [-0.2, -0.15) is 0 Å². The zero-order chi connectivity index (χ0) is 8.97. The molecule has 0 saturated heterocycles. The van der Waals surface area contributed by atoms with E-state index in [0.29, 0.717) is 13.0 Å². The average Bonchev–Trinajstić information content (AvgIpc) is 2.06. The fourth-order valence-corrected chi connectivity index (χ4v) is 1.27. The largest absolute Gasteiger partial charge is 0.388 e. The molecule has 12 heavy (non-hydrogen) atoms. The molecule has 1 aromatic carbocycles. The molecule has 0 aliphatic rings. The summed E-state index contributed by atoms with van der Waals surface area (Å²) in [7, 11) is 0. The molecule has 0 fully saturated rings. The zero-order valence-corrected chi connectivity index (χ0v) is 8.29. The SMILES string of the molecule is NCCC(O)c1ccc(Br)cc1. The number of halogens is 1. The maximum absolute atomic E-state index is 9.52. The van der Waals surface area contributed by atoms with Crippen molar-refractivity contribution < 1.29 is 5.11 Å². The highest BCUT2D eigenvalue weighted by Crippen LogP contribution is 2.18. The highest BCUT2D eigenvalue weighted by atomic mass is 79.9. The van der Waals surface area contributed by atoms with Crippen molar-refractivity contribution in [2.24, 2.45) is 5.73 Å². The highest BCUT2D eigenvalue weighted by molar-refractivity contribution is 9.10. The van der Waals surface area contributed by atoms with Crippen molar-refractivity contribution in [3.63, 3.8) is 0 Å². The number of aliphatic hydroxyl groups excluding tert-OH is 1. The maximum Gasteiger partial charge on any atom is 0.0802 e. The van der Waals surface area contributed by atoms with Gasteiger partial charge in [-0.15, -0.1) is 0 Å². The van der Waals surface area contributed by atoms with Crippen LogP contribution < -0.4 is 5.73 Å². The van der Waals surface area contributed by atoms with Gasteiger partial charge in [0.05, 0.1) is 6.10 Å². The molecular formula is C9H12BrNO. The van der Waals surface area contributed by atoms with Crippen molar-refractivity contribution >= 4 is 15.9 Å². The van der Waals surface area contributed by atoms with Crippen LogP contribution in [0.1, 0.15) is 18.1 Å². The first-order valence-electron chi connectivity index (χ1n) is 3.87. The summed E-state index contributed by atoms with van der Waals surface area (Å²) in [5, 5.41) is 9.52. The molecule has 0 radical (unpaired) electrons. The number of hydrogen-bond acceptors (Lipinski definition) is 2. The van der Waals surface area contributed by atoms with E-state index >= 15 is 0 Å². The van der Waals surface area contributed by atoms with Gasteiger partial charge < -0.3 is 10.8 Å². The van der Waals surface area contributed by atoms with E-state index in [1.54, 1.807) is 0 Å². The molecule has 66 valence electrons. The number of rotatable bonds is 3. The molecule has 0 amide bonds. The molecule has 3 heteroatoms. The summed E-state index contributed by atoms with van der Waals surface area (Å²) in [6.45, 7) is 0.511. The number of hydrogen-bond donors (Lipinski definition) is 2. The molecule has 0 aromatic heterocycles. The standard InChI is InChI=1S/C9H12BrNO/c10-8-3-1-7(2-4-8)9(12)5-6-11/h1-4,9,12H,5-6,11H2. The molecule has 2 nitrogen and oxygen atoms in total. The second kappa shape index (κ2) is 4.60. The minimum atomic E-state index is -0.428. The normalized spacial score (nSPS) is 12.9. The van der Waals surface area contributed by atoms with Gasteiger partial charge in [-0.25, -0.2) is 0 Å². The third kappa shape index (κ3) is 2.59. The third-order valence-corrected chi connectivity index (χ3v) is 2.22.